The van der Waals surface area contributed by atoms with E-state index in [9.17, 15) is 17.2 Å². The van der Waals surface area contributed by atoms with Crippen molar-refractivity contribution in [3.05, 3.63) is 83.7 Å². The molecule has 0 aliphatic rings. The number of rotatable bonds is 7. The first-order valence-electron chi connectivity index (χ1n) is 8.94. The van der Waals surface area contributed by atoms with E-state index in [0.29, 0.717) is 11.4 Å². The average molecular weight is 418 g/mol. The van der Waals surface area contributed by atoms with Crippen LogP contribution in [0.1, 0.15) is 18.2 Å². The van der Waals surface area contributed by atoms with Crippen molar-refractivity contribution in [3.8, 4) is 11.5 Å². The van der Waals surface area contributed by atoms with Crippen LogP contribution in [0.25, 0.3) is 0 Å². The van der Waals surface area contributed by atoms with Crippen molar-refractivity contribution in [2.75, 3.05) is 10.1 Å². The minimum absolute atomic E-state index is 0.0641. The van der Waals surface area contributed by atoms with Gasteiger partial charge in [-0.25, -0.2) is 17.2 Å². The first-order valence-corrected chi connectivity index (χ1v) is 10.5. The van der Waals surface area contributed by atoms with Gasteiger partial charge in [0.1, 0.15) is 11.6 Å². The molecule has 0 radical (unpaired) electrons. The number of anilines is 1. The maximum Gasteiger partial charge on any atom is 0.235 e. The summed E-state index contributed by atoms with van der Waals surface area (Å²) in [5.41, 5.74) is 1.98. The number of sulfonamides is 1. The highest BCUT2D eigenvalue weighted by atomic mass is 32.2. The van der Waals surface area contributed by atoms with Crippen LogP contribution < -0.4 is 9.04 Å². The van der Waals surface area contributed by atoms with Gasteiger partial charge in [0.25, 0.3) is 0 Å². The SMILES string of the molecule is CCS(=O)(=O)N(Cc1cccnc1C)c1ccc(Oc2ccc(F)cc2F)cc1. The predicted molar refractivity (Wildman–Crippen MR) is 107 cm³/mol. The Hall–Kier alpha value is -3.00. The second-order valence-electron chi connectivity index (χ2n) is 6.33. The number of aryl methyl sites for hydroxylation is 1. The maximum atomic E-state index is 13.8. The summed E-state index contributed by atoms with van der Waals surface area (Å²) >= 11 is 0. The molecule has 0 aliphatic heterocycles. The Balaban J connectivity index is 1.88. The van der Waals surface area contributed by atoms with Crippen LogP contribution in [0.3, 0.4) is 0 Å². The fourth-order valence-corrected chi connectivity index (χ4v) is 3.80. The molecule has 3 aromatic rings. The second-order valence-corrected chi connectivity index (χ2v) is 8.51. The van der Waals surface area contributed by atoms with Gasteiger partial charge in [0.2, 0.25) is 10.0 Å². The van der Waals surface area contributed by atoms with E-state index in [1.807, 2.05) is 13.0 Å². The van der Waals surface area contributed by atoms with E-state index in [1.165, 1.54) is 22.5 Å². The zero-order valence-corrected chi connectivity index (χ0v) is 16.8. The molecule has 3 rings (SSSR count). The van der Waals surface area contributed by atoms with Gasteiger partial charge in [-0.05, 0) is 61.9 Å². The molecule has 29 heavy (non-hydrogen) atoms. The molecule has 0 spiro atoms. The van der Waals surface area contributed by atoms with E-state index in [1.54, 1.807) is 31.3 Å². The van der Waals surface area contributed by atoms with Gasteiger partial charge in [0.15, 0.2) is 11.6 Å². The molecule has 2 aromatic carbocycles. The highest BCUT2D eigenvalue weighted by Gasteiger charge is 2.22. The largest absolute Gasteiger partial charge is 0.454 e. The number of nitrogens with zero attached hydrogens (tertiary/aromatic N) is 2. The molecule has 0 saturated heterocycles. The van der Waals surface area contributed by atoms with Crippen LogP contribution in [0.2, 0.25) is 0 Å². The molecular formula is C21H20F2N2O3S. The lowest BCUT2D eigenvalue weighted by Crippen LogP contribution is -2.32. The van der Waals surface area contributed by atoms with Gasteiger partial charge in [-0.15, -0.1) is 0 Å². The Kier molecular flexibility index (Phi) is 6.12. The highest BCUT2D eigenvalue weighted by molar-refractivity contribution is 7.92. The molecule has 0 aliphatic carbocycles. The number of pyridine rings is 1. The minimum Gasteiger partial charge on any atom is -0.454 e. The monoisotopic (exact) mass is 418 g/mol. The fraction of sp³-hybridized carbons (Fsp3) is 0.190. The van der Waals surface area contributed by atoms with Gasteiger partial charge in [-0.3, -0.25) is 9.29 Å². The molecular weight excluding hydrogens is 398 g/mol. The van der Waals surface area contributed by atoms with Crippen LogP contribution in [-0.2, 0) is 16.6 Å². The predicted octanol–water partition coefficient (Wildman–Crippen LogP) is 4.82. The highest BCUT2D eigenvalue weighted by Crippen LogP contribution is 2.29. The zero-order valence-electron chi connectivity index (χ0n) is 16.0. The summed E-state index contributed by atoms with van der Waals surface area (Å²) in [6, 6.07) is 12.8. The van der Waals surface area contributed by atoms with Crippen LogP contribution in [0.15, 0.2) is 60.8 Å². The van der Waals surface area contributed by atoms with Crippen molar-refractivity contribution < 1.29 is 21.9 Å². The summed E-state index contributed by atoms with van der Waals surface area (Å²) < 4.78 is 58.8. The topological polar surface area (TPSA) is 59.5 Å². The lowest BCUT2D eigenvalue weighted by atomic mass is 10.2. The standard InChI is InChI=1S/C21H20F2N2O3S/c1-3-29(26,27)25(14-16-5-4-12-24-15(16)2)18-7-9-19(10-8-18)28-21-11-6-17(22)13-20(21)23/h4-13H,3,14H2,1-2H3. The smallest absolute Gasteiger partial charge is 0.235 e. The van der Waals surface area contributed by atoms with Gasteiger partial charge in [-0.1, -0.05) is 6.07 Å². The van der Waals surface area contributed by atoms with Crippen molar-refractivity contribution >= 4 is 15.7 Å². The maximum absolute atomic E-state index is 13.8. The van der Waals surface area contributed by atoms with Crippen LogP contribution >= 0.6 is 0 Å². The van der Waals surface area contributed by atoms with Crippen LogP contribution in [-0.4, -0.2) is 19.2 Å². The third kappa shape index (κ3) is 4.89. The molecule has 152 valence electrons. The number of hydrogen-bond acceptors (Lipinski definition) is 4. The lowest BCUT2D eigenvalue weighted by molar-refractivity contribution is 0.437. The van der Waals surface area contributed by atoms with Gasteiger partial charge in [0, 0.05) is 18.0 Å². The molecule has 1 aromatic heterocycles. The normalized spacial score (nSPS) is 11.3. The Morgan fingerprint density at radius 3 is 2.41 bits per heavy atom. The lowest BCUT2D eigenvalue weighted by Gasteiger charge is -2.24. The van der Waals surface area contributed by atoms with Crippen molar-refractivity contribution in [2.45, 2.75) is 20.4 Å². The summed E-state index contributed by atoms with van der Waals surface area (Å²) in [5, 5.41) is 0. The van der Waals surface area contributed by atoms with Gasteiger partial charge < -0.3 is 4.74 Å². The minimum atomic E-state index is -3.55. The summed E-state index contributed by atoms with van der Waals surface area (Å²) in [4.78, 5) is 4.21. The van der Waals surface area contributed by atoms with Crippen LogP contribution in [0.5, 0.6) is 11.5 Å². The number of benzene rings is 2. The fourth-order valence-electron chi connectivity index (χ4n) is 2.71. The van der Waals surface area contributed by atoms with E-state index in [0.717, 1.165) is 23.4 Å². The molecule has 0 N–H and O–H groups in total. The molecule has 0 bridgehead atoms. The van der Waals surface area contributed by atoms with E-state index in [2.05, 4.69) is 4.98 Å². The molecule has 8 heteroatoms. The molecule has 0 fully saturated rings. The quantitative estimate of drug-likeness (QED) is 0.552. The second kappa shape index (κ2) is 8.57. The molecule has 0 atom stereocenters. The first-order chi connectivity index (χ1) is 13.8. The first kappa shape index (κ1) is 20.7. The summed E-state index contributed by atoms with van der Waals surface area (Å²) in [6.45, 7) is 3.54. The Labute approximate surface area is 168 Å². The summed E-state index contributed by atoms with van der Waals surface area (Å²) in [7, 11) is -3.55. The van der Waals surface area contributed by atoms with E-state index in [-0.39, 0.29) is 18.0 Å². The average Bonchev–Trinajstić information content (AvgIpc) is 2.70. The zero-order chi connectivity index (χ0) is 21.0. The van der Waals surface area contributed by atoms with Crippen LogP contribution in [0, 0.1) is 18.6 Å². The van der Waals surface area contributed by atoms with Gasteiger partial charge in [-0.2, -0.15) is 0 Å². The Morgan fingerprint density at radius 1 is 1.07 bits per heavy atom. The number of aromatic nitrogens is 1. The van der Waals surface area contributed by atoms with E-state index < -0.39 is 21.7 Å². The molecule has 0 unspecified atom stereocenters. The van der Waals surface area contributed by atoms with Crippen molar-refractivity contribution in [3.63, 3.8) is 0 Å². The molecule has 0 saturated carbocycles. The third-order valence-electron chi connectivity index (χ3n) is 4.38. The van der Waals surface area contributed by atoms with Crippen molar-refractivity contribution in [1.29, 1.82) is 0 Å². The summed E-state index contributed by atoms with van der Waals surface area (Å²) in [6.07, 6.45) is 1.65. The van der Waals surface area contributed by atoms with Crippen molar-refractivity contribution in [2.24, 2.45) is 0 Å². The van der Waals surface area contributed by atoms with E-state index in [4.69, 9.17) is 4.74 Å². The Bertz CT molecular complexity index is 1100. The summed E-state index contributed by atoms with van der Waals surface area (Å²) in [5.74, 6) is -1.41. The van der Waals surface area contributed by atoms with Gasteiger partial charge >= 0.3 is 0 Å². The number of ether oxygens (including phenoxy) is 1. The number of halogens is 2. The Morgan fingerprint density at radius 2 is 1.79 bits per heavy atom. The van der Waals surface area contributed by atoms with E-state index >= 15 is 0 Å². The van der Waals surface area contributed by atoms with Gasteiger partial charge in [0.05, 0.1) is 18.0 Å². The molecule has 1 heterocycles. The van der Waals surface area contributed by atoms with Crippen molar-refractivity contribution in [1.82, 2.24) is 4.98 Å². The van der Waals surface area contributed by atoms with Crippen LogP contribution in [0.4, 0.5) is 14.5 Å². The third-order valence-corrected chi connectivity index (χ3v) is 6.12. The molecule has 0 amide bonds. The molecule has 5 nitrogen and oxygen atoms in total. The number of hydrogen-bond donors (Lipinski definition) is 0.